The number of aliphatic hydroxyl groups is 1. The molecule has 2 atom stereocenters. The molecule has 0 aromatic carbocycles. The summed E-state index contributed by atoms with van der Waals surface area (Å²) in [7, 11) is 0. The molecule has 1 unspecified atom stereocenters. The fourth-order valence-corrected chi connectivity index (χ4v) is 1.79. The topological polar surface area (TPSA) is 20.2 Å². The van der Waals surface area contributed by atoms with Crippen molar-refractivity contribution in [3.05, 3.63) is 11.6 Å². The Bertz CT molecular complexity index is 158. The summed E-state index contributed by atoms with van der Waals surface area (Å²) >= 11 is 0. The van der Waals surface area contributed by atoms with Gasteiger partial charge in [-0.1, -0.05) is 25.5 Å². The lowest BCUT2D eigenvalue weighted by atomic mass is 9.81. The van der Waals surface area contributed by atoms with Crippen LogP contribution in [0.1, 0.15) is 33.6 Å². The fraction of sp³-hybridized carbons (Fsp3) is 0.800. The minimum atomic E-state index is -0.191. The highest BCUT2D eigenvalue weighted by Gasteiger charge is 2.23. The maximum atomic E-state index is 9.63. The lowest BCUT2D eigenvalue weighted by Crippen LogP contribution is -2.26. The van der Waals surface area contributed by atoms with E-state index in [0.29, 0.717) is 11.8 Å². The van der Waals surface area contributed by atoms with E-state index < -0.39 is 0 Å². The van der Waals surface area contributed by atoms with Crippen molar-refractivity contribution in [1.29, 1.82) is 0 Å². The molecular formula is C10H18O. The number of aliphatic hydroxyl groups excluding tert-OH is 1. The SMILES string of the molecule is CC1=CC(O)[C@@H](C(C)C)CC1. The van der Waals surface area contributed by atoms with E-state index in [0.717, 1.165) is 6.42 Å². The van der Waals surface area contributed by atoms with Crippen molar-refractivity contribution in [3.8, 4) is 0 Å². The first kappa shape index (κ1) is 8.79. The minimum Gasteiger partial charge on any atom is -0.389 e. The van der Waals surface area contributed by atoms with Crippen LogP contribution in [0.25, 0.3) is 0 Å². The Hall–Kier alpha value is -0.300. The number of hydrogen-bond acceptors (Lipinski definition) is 1. The number of hydrogen-bond donors (Lipinski definition) is 1. The summed E-state index contributed by atoms with van der Waals surface area (Å²) in [5, 5.41) is 9.63. The van der Waals surface area contributed by atoms with Gasteiger partial charge in [-0.15, -0.1) is 0 Å². The molecule has 0 saturated carbocycles. The average Bonchev–Trinajstić information content (AvgIpc) is 1.85. The van der Waals surface area contributed by atoms with Gasteiger partial charge >= 0.3 is 0 Å². The Morgan fingerprint density at radius 3 is 2.64 bits per heavy atom. The molecule has 1 nitrogen and oxygen atoms in total. The molecule has 0 amide bonds. The van der Waals surface area contributed by atoms with Crippen LogP contribution in [0.15, 0.2) is 11.6 Å². The second-order valence-electron chi connectivity index (χ2n) is 3.95. The lowest BCUT2D eigenvalue weighted by molar-refractivity contribution is 0.108. The summed E-state index contributed by atoms with van der Waals surface area (Å²) in [6.45, 7) is 6.46. The van der Waals surface area contributed by atoms with Crippen LogP contribution in [0, 0.1) is 11.8 Å². The number of allylic oxidation sites excluding steroid dienone is 1. The Balaban J connectivity index is 2.60. The fourth-order valence-electron chi connectivity index (χ4n) is 1.79. The molecular weight excluding hydrogens is 136 g/mol. The smallest absolute Gasteiger partial charge is 0.0754 e. The zero-order valence-corrected chi connectivity index (χ0v) is 7.67. The maximum Gasteiger partial charge on any atom is 0.0754 e. The summed E-state index contributed by atoms with van der Waals surface area (Å²) in [4.78, 5) is 0. The molecule has 1 N–H and O–H groups in total. The molecule has 0 bridgehead atoms. The minimum absolute atomic E-state index is 0.191. The quantitative estimate of drug-likeness (QED) is 0.575. The van der Waals surface area contributed by atoms with Crippen LogP contribution >= 0.6 is 0 Å². The predicted octanol–water partition coefficient (Wildman–Crippen LogP) is 2.36. The lowest BCUT2D eigenvalue weighted by Gasteiger charge is -2.28. The summed E-state index contributed by atoms with van der Waals surface area (Å²) in [5.41, 5.74) is 1.34. The first-order valence-corrected chi connectivity index (χ1v) is 4.46. The van der Waals surface area contributed by atoms with E-state index in [9.17, 15) is 5.11 Å². The van der Waals surface area contributed by atoms with E-state index >= 15 is 0 Å². The highest BCUT2D eigenvalue weighted by atomic mass is 16.3. The predicted molar refractivity (Wildman–Crippen MR) is 47.3 cm³/mol. The van der Waals surface area contributed by atoms with Crippen LogP contribution in [0.4, 0.5) is 0 Å². The second-order valence-corrected chi connectivity index (χ2v) is 3.95. The highest BCUT2D eigenvalue weighted by molar-refractivity contribution is 5.08. The van der Waals surface area contributed by atoms with Gasteiger partial charge in [-0.25, -0.2) is 0 Å². The van der Waals surface area contributed by atoms with Gasteiger partial charge in [0.1, 0.15) is 0 Å². The van der Waals surface area contributed by atoms with Gasteiger partial charge in [-0.2, -0.15) is 0 Å². The molecule has 1 heteroatoms. The summed E-state index contributed by atoms with van der Waals surface area (Å²) in [5.74, 6) is 1.09. The molecule has 1 aliphatic carbocycles. The largest absolute Gasteiger partial charge is 0.389 e. The van der Waals surface area contributed by atoms with Gasteiger partial charge in [0.2, 0.25) is 0 Å². The Morgan fingerprint density at radius 2 is 2.18 bits per heavy atom. The highest BCUT2D eigenvalue weighted by Crippen LogP contribution is 2.28. The van der Waals surface area contributed by atoms with Crippen LogP contribution in [-0.4, -0.2) is 11.2 Å². The Kier molecular flexibility index (Phi) is 2.72. The normalized spacial score (nSPS) is 32.3. The van der Waals surface area contributed by atoms with Gasteiger partial charge < -0.3 is 5.11 Å². The summed E-state index contributed by atoms with van der Waals surface area (Å²) in [6, 6.07) is 0. The van der Waals surface area contributed by atoms with E-state index in [1.165, 1.54) is 12.0 Å². The van der Waals surface area contributed by atoms with Crippen molar-refractivity contribution < 1.29 is 5.11 Å². The van der Waals surface area contributed by atoms with Crippen LogP contribution in [0.5, 0.6) is 0 Å². The maximum absolute atomic E-state index is 9.63. The van der Waals surface area contributed by atoms with E-state index in [1.54, 1.807) is 0 Å². The number of rotatable bonds is 1. The summed E-state index contributed by atoms with van der Waals surface area (Å²) < 4.78 is 0. The van der Waals surface area contributed by atoms with E-state index in [1.807, 2.05) is 6.08 Å². The Labute approximate surface area is 69.1 Å². The van der Waals surface area contributed by atoms with Gasteiger partial charge in [0.05, 0.1) is 6.10 Å². The van der Waals surface area contributed by atoms with Crippen LogP contribution in [-0.2, 0) is 0 Å². The van der Waals surface area contributed by atoms with Gasteiger partial charge in [0.15, 0.2) is 0 Å². The summed E-state index contributed by atoms with van der Waals surface area (Å²) in [6.07, 6.45) is 4.14. The molecule has 1 rings (SSSR count). The third-order valence-corrected chi connectivity index (χ3v) is 2.62. The van der Waals surface area contributed by atoms with Crippen LogP contribution < -0.4 is 0 Å². The third-order valence-electron chi connectivity index (χ3n) is 2.62. The molecule has 64 valence electrons. The zero-order chi connectivity index (χ0) is 8.43. The Morgan fingerprint density at radius 1 is 1.55 bits per heavy atom. The van der Waals surface area contributed by atoms with Crippen molar-refractivity contribution in [2.24, 2.45) is 11.8 Å². The third kappa shape index (κ3) is 2.06. The molecule has 0 aromatic heterocycles. The van der Waals surface area contributed by atoms with Crippen molar-refractivity contribution in [1.82, 2.24) is 0 Å². The molecule has 0 fully saturated rings. The molecule has 0 spiro atoms. The van der Waals surface area contributed by atoms with Crippen molar-refractivity contribution >= 4 is 0 Å². The molecule has 0 aliphatic heterocycles. The van der Waals surface area contributed by atoms with Gasteiger partial charge in [0, 0.05) is 0 Å². The van der Waals surface area contributed by atoms with E-state index in [-0.39, 0.29) is 6.10 Å². The first-order valence-electron chi connectivity index (χ1n) is 4.46. The molecule has 0 radical (unpaired) electrons. The van der Waals surface area contributed by atoms with Crippen LogP contribution in [0.2, 0.25) is 0 Å². The molecule has 0 heterocycles. The van der Waals surface area contributed by atoms with E-state index in [2.05, 4.69) is 20.8 Å². The second kappa shape index (κ2) is 3.40. The zero-order valence-electron chi connectivity index (χ0n) is 7.67. The standard InChI is InChI=1S/C10H18O/c1-7(2)9-5-4-8(3)6-10(9)11/h6-7,9-11H,4-5H2,1-3H3/t9-,10?/m1/s1. The monoisotopic (exact) mass is 154 g/mol. The van der Waals surface area contributed by atoms with Crippen molar-refractivity contribution in [2.45, 2.75) is 39.7 Å². The van der Waals surface area contributed by atoms with Crippen molar-refractivity contribution in [3.63, 3.8) is 0 Å². The van der Waals surface area contributed by atoms with Crippen LogP contribution in [0.3, 0.4) is 0 Å². The molecule has 11 heavy (non-hydrogen) atoms. The van der Waals surface area contributed by atoms with Crippen molar-refractivity contribution in [2.75, 3.05) is 0 Å². The molecule has 0 saturated heterocycles. The molecule has 0 aromatic rings. The van der Waals surface area contributed by atoms with Gasteiger partial charge in [0.25, 0.3) is 0 Å². The molecule has 1 aliphatic rings. The van der Waals surface area contributed by atoms with Gasteiger partial charge in [-0.3, -0.25) is 0 Å². The van der Waals surface area contributed by atoms with Gasteiger partial charge in [-0.05, 0) is 31.6 Å². The average molecular weight is 154 g/mol. The van der Waals surface area contributed by atoms with E-state index in [4.69, 9.17) is 0 Å². The first-order chi connectivity index (χ1) is 5.11.